The van der Waals surface area contributed by atoms with Crippen LogP contribution in [0, 0.1) is 5.92 Å². The monoisotopic (exact) mass is 311 g/mol. The van der Waals surface area contributed by atoms with E-state index in [9.17, 15) is 13.5 Å². The van der Waals surface area contributed by atoms with E-state index in [-0.39, 0.29) is 12.6 Å². The predicted octanol–water partition coefficient (Wildman–Crippen LogP) is 2.55. The average molecular weight is 311 g/mol. The zero-order valence-electron chi connectivity index (χ0n) is 13.0. The van der Waals surface area contributed by atoms with Crippen LogP contribution >= 0.6 is 0 Å². The van der Waals surface area contributed by atoms with Crippen LogP contribution in [0.25, 0.3) is 0 Å². The molecular weight excluding hydrogens is 286 g/mol. The molecule has 0 heterocycles. The Labute approximate surface area is 127 Å². The molecular formula is C16H25NO3S. The maximum atomic E-state index is 12.9. The van der Waals surface area contributed by atoms with Gasteiger partial charge in [0.2, 0.25) is 10.0 Å². The molecule has 0 aromatic heterocycles. The number of aryl methyl sites for hydroxylation is 1. The highest BCUT2D eigenvalue weighted by Crippen LogP contribution is 2.33. The number of hydrogen-bond acceptors (Lipinski definition) is 3. The maximum Gasteiger partial charge on any atom is 0.243 e. The molecule has 1 aliphatic carbocycles. The van der Waals surface area contributed by atoms with Crippen molar-refractivity contribution < 1.29 is 13.5 Å². The molecule has 0 amide bonds. The van der Waals surface area contributed by atoms with E-state index in [1.54, 1.807) is 16.4 Å². The van der Waals surface area contributed by atoms with Crippen molar-refractivity contribution in [1.29, 1.82) is 0 Å². The van der Waals surface area contributed by atoms with Gasteiger partial charge in [0.1, 0.15) is 0 Å². The Morgan fingerprint density at radius 2 is 1.95 bits per heavy atom. The van der Waals surface area contributed by atoms with Crippen LogP contribution in [-0.2, 0) is 23.1 Å². The average Bonchev–Trinajstić information content (AvgIpc) is 3.28. The summed E-state index contributed by atoms with van der Waals surface area (Å²) in [4.78, 5) is 0.302. The third-order valence-corrected chi connectivity index (χ3v) is 5.75. The molecule has 118 valence electrons. The first kappa shape index (κ1) is 16.5. The molecule has 2 rings (SSSR count). The smallest absolute Gasteiger partial charge is 0.243 e. The summed E-state index contributed by atoms with van der Waals surface area (Å²) in [6, 6.07) is 5.27. The Morgan fingerprint density at radius 1 is 1.29 bits per heavy atom. The molecule has 0 spiro atoms. The summed E-state index contributed by atoms with van der Waals surface area (Å²) >= 11 is 0. The Bertz CT molecular complexity index is 592. The molecule has 1 aromatic carbocycles. The highest BCUT2D eigenvalue weighted by atomic mass is 32.2. The molecule has 0 saturated heterocycles. The van der Waals surface area contributed by atoms with E-state index >= 15 is 0 Å². The van der Waals surface area contributed by atoms with Gasteiger partial charge in [-0.15, -0.1) is 0 Å². The van der Waals surface area contributed by atoms with Gasteiger partial charge in [-0.1, -0.05) is 26.8 Å². The minimum atomic E-state index is -3.47. The molecule has 0 unspecified atom stereocenters. The van der Waals surface area contributed by atoms with E-state index in [1.807, 2.05) is 26.8 Å². The number of sulfonamides is 1. The van der Waals surface area contributed by atoms with Gasteiger partial charge in [0, 0.05) is 12.6 Å². The summed E-state index contributed by atoms with van der Waals surface area (Å²) in [5.41, 5.74) is 1.71. The summed E-state index contributed by atoms with van der Waals surface area (Å²) in [5, 5.41) is 9.44. The van der Waals surface area contributed by atoms with Gasteiger partial charge in [0.05, 0.1) is 11.5 Å². The molecule has 1 fully saturated rings. The quantitative estimate of drug-likeness (QED) is 0.842. The molecule has 4 nitrogen and oxygen atoms in total. The first-order chi connectivity index (χ1) is 9.90. The van der Waals surface area contributed by atoms with E-state index in [4.69, 9.17) is 0 Å². The fraction of sp³-hybridized carbons (Fsp3) is 0.625. The maximum absolute atomic E-state index is 12.9. The third kappa shape index (κ3) is 3.65. The lowest BCUT2D eigenvalue weighted by Crippen LogP contribution is -2.36. The van der Waals surface area contributed by atoms with Crippen LogP contribution in [0.4, 0.5) is 0 Å². The van der Waals surface area contributed by atoms with Crippen LogP contribution in [0.2, 0.25) is 0 Å². The van der Waals surface area contributed by atoms with E-state index in [2.05, 4.69) is 0 Å². The Morgan fingerprint density at radius 3 is 2.43 bits per heavy atom. The van der Waals surface area contributed by atoms with Gasteiger partial charge in [0.15, 0.2) is 0 Å². The Hall–Kier alpha value is -0.910. The predicted molar refractivity (Wildman–Crippen MR) is 83.5 cm³/mol. The van der Waals surface area contributed by atoms with Gasteiger partial charge in [-0.25, -0.2) is 8.42 Å². The van der Waals surface area contributed by atoms with Crippen molar-refractivity contribution in [3.05, 3.63) is 29.3 Å². The van der Waals surface area contributed by atoms with Crippen molar-refractivity contribution in [2.75, 3.05) is 6.54 Å². The van der Waals surface area contributed by atoms with E-state index < -0.39 is 10.0 Å². The van der Waals surface area contributed by atoms with Gasteiger partial charge >= 0.3 is 0 Å². The Balaban J connectivity index is 2.37. The molecule has 1 saturated carbocycles. The molecule has 0 bridgehead atoms. The molecule has 0 aliphatic heterocycles. The number of rotatable bonds is 7. The van der Waals surface area contributed by atoms with Crippen LogP contribution < -0.4 is 0 Å². The van der Waals surface area contributed by atoms with Crippen molar-refractivity contribution in [2.24, 2.45) is 5.92 Å². The normalized spacial score (nSPS) is 15.9. The fourth-order valence-electron chi connectivity index (χ4n) is 2.56. The number of aliphatic hydroxyl groups excluding tert-OH is 1. The molecule has 5 heteroatoms. The van der Waals surface area contributed by atoms with Crippen LogP contribution in [0.3, 0.4) is 0 Å². The van der Waals surface area contributed by atoms with Crippen molar-refractivity contribution >= 4 is 10.0 Å². The molecule has 1 N–H and O–H groups in total. The van der Waals surface area contributed by atoms with E-state index in [0.717, 1.165) is 24.8 Å². The number of hydrogen-bond donors (Lipinski definition) is 1. The van der Waals surface area contributed by atoms with Crippen LogP contribution in [0.1, 0.15) is 44.7 Å². The summed E-state index contributed by atoms with van der Waals surface area (Å²) in [5.74, 6) is 0.299. The van der Waals surface area contributed by atoms with Gasteiger partial charge in [0.25, 0.3) is 0 Å². The zero-order valence-corrected chi connectivity index (χ0v) is 13.9. The van der Waals surface area contributed by atoms with Gasteiger partial charge in [-0.2, -0.15) is 4.31 Å². The minimum absolute atomic E-state index is 0.125. The summed E-state index contributed by atoms with van der Waals surface area (Å²) < 4.78 is 27.4. The van der Waals surface area contributed by atoms with Crippen LogP contribution in [0.5, 0.6) is 0 Å². The second-order valence-electron chi connectivity index (χ2n) is 6.14. The zero-order chi connectivity index (χ0) is 15.6. The largest absolute Gasteiger partial charge is 0.392 e. The highest BCUT2D eigenvalue weighted by Gasteiger charge is 2.38. The third-order valence-electron chi connectivity index (χ3n) is 3.83. The Kier molecular flexibility index (Phi) is 5.07. The highest BCUT2D eigenvalue weighted by molar-refractivity contribution is 7.89. The minimum Gasteiger partial charge on any atom is -0.392 e. The lowest BCUT2D eigenvalue weighted by Gasteiger charge is -2.24. The standard InChI is InChI=1S/C16H25NO3S/c1-4-13-5-8-16(9-14(13)11-18)21(19,20)17(10-12(2)3)15-6-7-15/h5,8-9,12,15,18H,4,6-7,10-11H2,1-3H3. The topological polar surface area (TPSA) is 57.6 Å². The van der Waals surface area contributed by atoms with Crippen molar-refractivity contribution in [1.82, 2.24) is 4.31 Å². The molecule has 0 atom stereocenters. The number of benzene rings is 1. The first-order valence-corrected chi connectivity index (χ1v) is 9.08. The lowest BCUT2D eigenvalue weighted by atomic mass is 10.1. The summed E-state index contributed by atoms with van der Waals surface area (Å²) in [6.45, 7) is 6.49. The number of nitrogens with zero attached hydrogens (tertiary/aromatic N) is 1. The number of aliphatic hydroxyl groups is 1. The SMILES string of the molecule is CCc1ccc(S(=O)(=O)N(CC(C)C)C2CC2)cc1CO. The van der Waals surface area contributed by atoms with Crippen LogP contribution in [-0.4, -0.2) is 30.4 Å². The summed E-state index contributed by atoms with van der Waals surface area (Å²) in [6.07, 6.45) is 2.69. The van der Waals surface area contributed by atoms with Gasteiger partial charge in [-0.05, 0) is 48.4 Å². The lowest BCUT2D eigenvalue weighted by molar-refractivity contribution is 0.280. The second-order valence-corrected chi connectivity index (χ2v) is 8.03. The van der Waals surface area contributed by atoms with Crippen molar-refractivity contribution in [3.8, 4) is 0 Å². The van der Waals surface area contributed by atoms with E-state index in [1.165, 1.54) is 0 Å². The summed E-state index contributed by atoms with van der Waals surface area (Å²) in [7, 11) is -3.47. The first-order valence-electron chi connectivity index (χ1n) is 7.64. The van der Waals surface area contributed by atoms with Crippen molar-refractivity contribution in [3.63, 3.8) is 0 Å². The fourth-order valence-corrected chi connectivity index (χ4v) is 4.46. The second kappa shape index (κ2) is 6.46. The molecule has 21 heavy (non-hydrogen) atoms. The molecule has 0 radical (unpaired) electrons. The molecule has 1 aliphatic rings. The van der Waals surface area contributed by atoms with Crippen LogP contribution in [0.15, 0.2) is 23.1 Å². The van der Waals surface area contributed by atoms with Gasteiger partial charge < -0.3 is 5.11 Å². The van der Waals surface area contributed by atoms with E-state index in [0.29, 0.717) is 22.9 Å². The van der Waals surface area contributed by atoms with Gasteiger partial charge in [-0.3, -0.25) is 0 Å². The van der Waals surface area contributed by atoms with Crippen molar-refractivity contribution in [2.45, 2.75) is 57.6 Å². The molecule has 1 aromatic rings.